The van der Waals surface area contributed by atoms with Gasteiger partial charge >= 0.3 is 5.97 Å². The molecule has 1 atom stereocenters. The Hall–Kier alpha value is -1.88. The average molecular weight is 260 g/mol. The van der Waals surface area contributed by atoms with Gasteiger partial charge in [-0.15, -0.1) is 0 Å². The Bertz CT molecular complexity index is 627. The van der Waals surface area contributed by atoms with Crippen molar-refractivity contribution in [1.29, 1.82) is 0 Å². The molecule has 3 rings (SSSR count). The van der Waals surface area contributed by atoms with E-state index < -0.39 is 5.97 Å². The number of carboxylic acid groups (broad SMARTS) is 1. The summed E-state index contributed by atoms with van der Waals surface area (Å²) in [5.41, 5.74) is 1.45. The minimum atomic E-state index is -0.926. The normalized spacial score (nSPS) is 23.0. The van der Waals surface area contributed by atoms with E-state index in [4.69, 9.17) is 4.74 Å². The van der Waals surface area contributed by atoms with Crippen LogP contribution in [0.1, 0.15) is 30.1 Å². The lowest BCUT2D eigenvalue weighted by molar-refractivity contribution is 0.00699. The van der Waals surface area contributed by atoms with Crippen molar-refractivity contribution in [3.63, 3.8) is 0 Å². The second-order valence-corrected chi connectivity index (χ2v) is 5.25. The van der Waals surface area contributed by atoms with Gasteiger partial charge in [0.1, 0.15) is 0 Å². The lowest BCUT2D eigenvalue weighted by atomic mass is 10.0. The molecule has 1 N–H and O–H groups in total. The van der Waals surface area contributed by atoms with Crippen LogP contribution in [0.5, 0.6) is 0 Å². The van der Waals surface area contributed by atoms with Crippen LogP contribution in [0.3, 0.4) is 0 Å². The third-order valence-corrected chi connectivity index (χ3v) is 3.67. The number of ether oxygens (including phenoxy) is 1. The summed E-state index contributed by atoms with van der Waals surface area (Å²) in [7, 11) is 0. The number of rotatable bonds is 3. The third-order valence-electron chi connectivity index (χ3n) is 3.67. The highest BCUT2D eigenvalue weighted by molar-refractivity contribution is 6.01. The molecule has 100 valence electrons. The molecule has 2 aromatic rings. The predicted molar refractivity (Wildman–Crippen MR) is 70.3 cm³/mol. The van der Waals surface area contributed by atoms with Crippen molar-refractivity contribution in [2.45, 2.75) is 31.9 Å². The fraction of sp³-hybridized carbons (Fsp3) is 0.429. The number of nitrogens with zero attached hydrogens (tertiary/aromatic N) is 2. The highest BCUT2D eigenvalue weighted by atomic mass is 16.5. The molecule has 5 nitrogen and oxygen atoms in total. The first-order valence-corrected chi connectivity index (χ1v) is 6.40. The number of imidazole rings is 1. The molecule has 1 aliphatic rings. The summed E-state index contributed by atoms with van der Waals surface area (Å²) in [5, 5.41) is 9.28. The van der Waals surface area contributed by atoms with Gasteiger partial charge in [-0.1, -0.05) is 6.07 Å². The van der Waals surface area contributed by atoms with Crippen molar-refractivity contribution < 1.29 is 14.6 Å². The molecule has 0 amide bonds. The van der Waals surface area contributed by atoms with Gasteiger partial charge in [-0.05, 0) is 31.9 Å². The Balaban J connectivity index is 2.06. The number of aromatic carboxylic acids is 1. The smallest absolute Gasteiger partial charge is 0.337 e. The number of carbonyl (C=O) groups is 1. The average Bonchev–Trinajstić information content (AvgIpc) is 2.97. The highest BCUT2D eigenvalue weighted by Gasteiger charge is 2.31. The molecule has 0 spiro atoms. The lowest BCUT2D eigenvalue weighted by Gasteiger charge is -2.24. The number of hydrogen-bond donors (Lipinski definition) is 1. The van der Waals surface area contributed by atoms with Crippen LogP contribution < -0.4 is 0 Å². The van der Waals surface area contributed by atoms with Crippen molar-refractivity contribution >= 4 is 17.0 Å². The molecule has 0 radical (unpaired) electrons. The van der Waals surface area contributed by atoms with Gasteiger partial charge in [-0.3, -0.25) is 0 Å². The first kappa shape index (κ1) is 12.2. The molecule has 1 aliphatic heterocycles. The zero-order chi connectivity index (χ0) is 13.5. The second-order valence-electron chi connectivity index (χ2n) is 5.25. The zero-order valence-corrected chi connectivity index (χ0v) is 10.8. The number of hydrogen-bond acceptors (Lipinski definition) is 3. The van der Waals surface area contributed by atoms with Crippen LogP contribution in [-0.4, -0.2) is 32.8 Å². The molecule has 2 heterocycles. The highest BCUT2D eigenvalue weighted by Crippen LogP contribution is 2.29. The van der Waals surface area contributed by atoms with Crippen molar-refractivity contribution in [3.8, 4) is 0 Å². The van der Waals surface area contributed by atoms with Gasteiger partial charge in [-0.25, -0.2) is 9.78 Å². The number of benzene rings is 1. The van der Waals surface area contributed by atoms with Gasteiger partial charge in [-0.2, -0.15) is 0 Å². The van der Waals surface area contributed by atoms with E-state index in [0.717, 1.165) is 19.4 Å². The summed E-state index contributed by atoms with van der Waals surface area (Å²) >= 11 is 0. The maximum atomic E-state index is 11.3. The van der Waals surface area contributed by atoms with Gasteiger partial charge in [0.2, 0.25) is 0 Å². The van der Waals surface area contributed by atoms with Crippen LogP contribution in [0, 0.1) is 0 Å². The van der Waals surface area contributed by atoms with Crippen LogP contribution in [-0.2, 0) is 11.3 Å². The van der Waals surface area contributed by atoms with Crippen LogP contribution in [0.15, 0.2) is 24.5 Å². The second kappa shape index (κ2) is 4.35. The Kier molecular flexibility index (Phi) is 2.78. The fourth-order valence-corrected chi connectivity index (χ4v) is 2.74. The Morgan fingerprint density at radius 2 is 2.42 bits per heavy atom. The maximum absolute atomic E-state index is 11.3. The predicted octanol–water partition coefficient (Wildman–Crippen LogP) is 2.30. The molecule has 1 saturated heterocycles. The molecular formula is C14H16N2O3. The minimum absolute atomic E-state index is 0.223. The molecule has 1 unspecified atom stereocenters. The van der Waals surface area contributed by atoms with Crippen LogP contribution in [0.25, 0.3) is 11.0 Å². The van der Waals surface area contributed by atoms with E-state index in [1.54, 1.807) is 18.5 Å². The fourth-order valence-electron chi connectivity index (χ4n) is 2.74. The number of para-hydroxylation sites is 1. The molecule has 1 aromatic carbocycles. The molecule has 1 fully saturated rings. The summed E-state index contributed by atoms with van der Waals surface area (Å²) in [6.07, 6.45) is 3.74. The molecular weight excluding hydrogens is 244 g/mol. The Morgan fingerprint density at radius 3 is 3.11 bits per heavy atom. The van der Waals surface area contributed by atoms with E-state index in [9.17, 15) is 9.90 Å². The standard InChI is InChI=1S/C14H16N2O3/c1-14(6-3-7-19-14)8-16-9-15-11-5-2-4-10(12(11)16)13(17)18/h2,4-5,9H,3,6-8H2,1H3,(H,17,18). The quantitative estimate of drug-likeness (QED) is 0.919. The monoisotopic (exact) mass is 260 g/mol. The Labute approximate surface area is 110 Å². The summed E-state index contributed by atoms with van der Waals surface area (Å²) in [4.78, 5) is 15.6. The van der Waals surface area contributed by atoms with Crippen LogP contribution in [0.4, 0.5) is 0 Å². The van der Waals surface area contributed by atoms with Gasteiger partial charge in [0.05, 0.1) is 35.1 Å². The summed E-state index contributed by atoms with van der Waals surface area (Å²) < 4.78 is 7.66. The first-order valence-electron chi connectivity index (χ1n) is 6.40. The number of carboxylic acids is 1. The summed E-state index contributed by atoms with van der Waals surface area (Å²) in [5.74, 6) is -0.926. The maximum Gasteiger partial charge on any atom is 0.337 e. The van der Waals surface area contributed by atoms with E-state index in [1.165, 1.54) is 0 Å². The molecule has 1 aromatic heterocycles. The van der Waals surface area contributed by atoms with E-state index >= 15 is 0 Å². The lowest BCUT2D eigenvalue weighted by Crippen LogP contribution is -2.29. The first-order chi connectivity index (χ1) is 9.09. The van der Waals surface area contributed by atoms with Crippen LogP contribution in [0.2, 0.25) is 0 Å². The molecule has 5 heteroatoms. The summed E-state index contributed by atoms with van der Waals surface area (Å²) in [6.45, 7) is 3.47. The summed E-state index contributed by atoms with van der Waals surface area (Å²) in [6, 6.07) is 5.16. The third kappa shape index (κ3) is 2.10. The largest absolute Gasteiger partial charge is 0.478 e. The molecule has 19 heavy (non-hydrogen) atoms. The van der Waals surface area contributed by atoms with E-state index in [1.807, 2.05) is 10.6 Å². The topological polar surface area (TPSA) is 64.4 Å². The zero-order valence-electron chi connectivity index (χ0n) is 10.8. The minimum Gasteiger partial charge on any atom is -0.478 e. The SMILES string of the molecule is CC1(Cn2cnc3cccc(C(=O)O)c32)CCCO1. The van der Waals surface area contributed by atoms with Crippen LogP contribution >= 0.6 is 0 Å². The number of aromatic nitrogens is 2. The van der Waals surface area contributed by atoms with E-state index in [0.29, 0.717) is 17.6 Å². The van der Waals surface area contributed by atoms with Gasteiger partial charge in [0, 0.05) is 6.61 Å². The molecule has 0 bridgehead atoms. The van der Waals surface area contributed by atoms with Gasteiger partial charge in [0.25, 0.3) is 0 Å². The molecule has 0 aliphatic carbocycles. The van der Waals surface area contributed by atoms with Crippen molar-refractivity contribution in [2.75, 3.05) is 6.61 Å². The van der Waals surface area contributed by atoms with E-state index in [-0.39, 0.29) is 11.2 Å². The van der Waals surface area contributed by atoms with Crippen molar-refractivity contribution in [1.82, 2.24) is 9.55 Å². The van der Waals surface area contributed by atoms with E-state index in [2.05, 4.69) is 11.9 Å². The molecule has 0 saturated carbocycles. The van der Waals surface area contributed by atoms with Gasteiger partial charge in [0.15, 0.2) is 0 Å². The van der Waals surface area contributed by atoms with Crippen molar-refractivity contribution in [2.24, 2.45) is 0 Å². The van der Waals surface area contributed by atoms with Gasteiger partial charge < -0.3 is 14.4 Å². The number of fused-ring (bicyclic) bond motifs is 1. The van der Waals surface area contributed by atoms with Crippen molar-refractivity contribution in [3.05, 3.63) is 30.1 Å². The Morgan fingerprint density at radius 1 is 1.58 bits per heavy atom.